The number of benzene rings is 2. The van der Waals surface area contributed by atoms with Crippen molar-refractivity contribution in [1.82, 2.24) is 10.3 Å². The van der Waals surface area contributed by atoms with Crippen molar-refractivity contribution < 1.29 is 13.6 Å². The van der Waals surface area contributed by atoms with Crippen molar-refractivity contribution in [2.24, 2.45) is 0 Å². The van der Waals surface area contributed by atoms with Gasteiger partial charge in [-0.25, -0.2) is 13.8 Å². The van der Waals surface area contributed by atoms with E-state index in [1.54, 1.807) is 0 Å². The molecule has 1 fully saturated rings. The third-order valence-corrected chi connectivity index (χ3v) is 5.57. The number of anilines is 1. The molecule has 30 heavy (non-hydrogen) atoms. The SMILES string of the molecule is Cl.O=C(NC1CCC(Nc2cc(Cl)c3ccccc3n2)CC1)c1ccc(F)c(F)c1. The van der Waals surface area contributed by atoms with Crippen LogP contribution >= 0.6 is 24.0 Å². The molecule has 8 heteroatoms. The predicted molar refractivity (Wildman–Crippen MR) is 117 cm³/mol. The van der Waals surface area contributed by atoms with Crippen molar-refractivity contribution in [3.63, 3.8) is 0 Å². The molecule has 4 rings (SSSR count). The second-order valence-corrected chi connectivity index (χ2v) is 7.71. The summed E-state index contributed by atoms with van der Waals surface area (Å²) in [6, 6.07) is 13.0. The fraction of sp³-hybridized carbons (Fsp3) is 0.273. The maximum absolute atomic E-state index is 13.3. The molecule has 1 saturated carbocycles. The summed E-state index contributed by atoms with van der Waals surface area (Å²) in [5.74, 6) is -1.63. The van der Waals surface area contributed by atoms with Gasteiger partial charge >= 0.3 is 0 Å². The van der Waals surface area contributed by atoms with E-state index >= 15 is 0 Å². The summed E-state index contributed by atoms with van der Waals surface area (Å²) in [5.41, 5.74) is 0.967. The van der Waals surface area contributed by atoms with Crippen molar-refractivity contribution in [3.05, 3.63) is 70.8 Å². The predicted octanol–water partition coefficient (Wildman–Crippen LogP) is 5.74. The molecule has 1 aliphatic carbocycles. The second kappa shape index (κ2) is 9.58. The molecule has 1 heterocycles. The number of hydrogen-bond acceptors (Lipinski definition) is 3. The Balaban J connectivity index is 0.00000256. The molecule has 158 valence electrons. The fourth-order valence-corrected chi connectivity index (χ4v) is 3.97. The highest BCUT2D eigenvalue weighted by atomic mass is 35.5. The lowest BCUT2D eigenvalue weighted by Crippen LogP contribution is -2.40. The van der Waals surface area contributed by atoms with Crippen LogP contribution in [0.1, 0.15) is 36.0 Å². The van der Waals surface area contributed by atoms with Gasteiger partial charge in [-0.2, -0.15) is 0 Å². The molecule has 2 aromatic carbocycles. The van der Waals surface area contributed by atoms with Crippen LogP contribution in [0.15, 0.2) is 48.5 Å². The Hall–Kier alpha value is -2.44. The van der Waals surface area contributed by atoms with Crippen molar-refractivity contribution in [3.8, 4) is 0 Å². The first kappa shape index (κ1) is 22.2. The fourth-order valence-electron chi connectivity index (χ4n) is 3.70. The van der Waals surface area contributed by atoms with Gasteiger partial charge in [-0.05, 0) is 56.0 Å². The molecule has 1 aliphatic rings. The van der Waals surface area contributed by atoms with E-state index in [0.29, 0.717) is 5.02 Å². The van der Waals surface area contributed by atoms with Crippen LogP contribution in [0.3, 0.4) is 0 Å². The number of carbonyl (C=O) groups is 1. The molecule has 0 unspecified atom stereocenters. The monoisotopic (exact) mass is 451 g/mol. The van der Waals surface area contributed by atoms with Crippen LogP contribution in [-0.4, -0.2) is 23.0 Å². The van der Waals surface area contributed by atoms with Crippen LogP contribution in [0, 0.1) is 11.6 Å². The van der Waals surface area contributed by atoms with E-state index < -0.39 is 11.6 Å². The normalized spacial score (nSPS) is 18.5. The molecule has 0 aliphatic heterocycles. The van der Waals surface area contributed by atoms with Crippen molar-refractivity contribution in [1.29, 1.82) is 0 Å². The van der Waals surface area contributed by atoms with E-state index in [1.807, 2.05) is 30.3 Å². The topological polar surface area (TPSA) is 54.0 Å². The summed E-state index contributed by atoms with van der Waals surface area (Å²) in [4.78, 5) is 16.9. The van der Waals surface area contributed by atoms with Crippen LogP contribution in [0.2, 0.25) is 5.02 Å². The van der Waals surface area contributed by atoms with E-state index in [1.165, 1.54) is 6.07 Å². The molecule has 0 bridgehead atoms. The first-order valence-corrected chi connectivity index (χ1v) is 9.95. The Kier molecular flexibility index (Phi) is 7.10. The number of rotatable bonds is 4. The summed E-state index contributed by atoms with van der Waals surface area (Å²) in [7, 11) is 0. The van der Waals surface area contributed by atoms with Gasteiger partial charge in [-0.3, -0.25) is 4.79 Å². The highest BCUT2D eigenvalue weighted by molar-refractivity contribution is 6.35. The summed E-state index contributed by atoms with van der Waals surface area (Å²) in [6.45, 7) is 0. The van der Waals surface area contributed by atoms with Gasteiger partial charge in [0.05, 0.1) is 10.5 Å². The van der Waals surface area contributed by atoms with Crippen LogP contribution in [0.25, 0.3) is 10.9 Å². The van der Waals surface area contributed by atoms with Crippen molar-refractivity contribution in [2.75, 3.05) is 5.32 Å². The van der Waals surface area contributed by atoms with Crippen LogP contribution in [0.5, 0.6) is 0 Å². The Morgan fingerprint density at radius 1 is 0.967 bits per heavy atom. The van der Waals surface area contributed by atoms with Crippen LogP contribution < -0.4 is 10.6 Å². The minimum atomic E-state index is -1.02. The molecule has 0 atom stereocenters. The van der Waals surface area contributed by atoms with Gasteiger partial charge in [-0.1, -0.05) is 29.8 Å². The maximum Gasteiger partial charge on any atom is 0.251 e. The molecular formula is C22H21Cl2F2N3O. The number of halogens is 4. The minimum Gasteiger partial charge on any atom is -0.367 e. The van der Waals surface area contributed by atoms with E-state index in [-0.39, 0.29) is 36.0 Å². The molecule has 2 N–H and O–H groups in total. The third-order valence-electron chi connectivity index (χ3n) is 5.26. The summed E-state index contributed by atoms with van der Waals surface area (Å²) in [6.07, 6.45) is 3.28. The van der Waals surface area contributed by atoms with Gasteiger partial charge in [0.1, 0.15) is 5.82 Å². The second-order valence-electron chi connectivity index (χ2n) is 7.30. The van der Waals surface area contributed by atoms with Gasteiger partial charge < -0.3 is 10.6 Å². The molecule has 3 aromatic rings. The molecule has 1 aromatic heterocycles. The number of hydrogen-bond donors (Lipinski definition) is 2. The molecule has 1 amide bonds. The smallest absolute Gasteiger partial charge is 0.251 e. The van der Waals surface area contributed by atoms with Gasteiger partial charge in [0, 0.05) is 23.0 Å². The average Bonchev–Trinajstić information content (AvgIpc) is 2.71. The van der Waals surface area contributed by atoms with Crippen molar-refractivity contribution >= 4 is 46.6 Å². The standard InChI is InChI=1S/C22H20ClF2N3O.ClH/c23-17-12-21(28-20-4-2-1-3-16(17)20)26-14-6-8-15(9-7-14)27-22(29)13-5-10-18(24)19(25)11-13;/h1-5,10-12,14-15H,6-9H2,(H,26,28)(H,27,29);1H. The summed E-state index contributed by atoms with van der Waals surface area (Å²) in [5, 5.41) is 7.92. The Morgan fingerprint density at radius 3 is 2.40 bits per heavy atom. The van der Waals surface area contributed by atoms with Gasteiger partial charge in [-0.15, -0.1) is 12.4 Å². The van der Waals surface area contributed by atoms with E-state index in [0.717, 1.165) is 54.5 Å². The Labute approximate surface area is 184 Å². The zero-order chi connectivity index (χ0) is 20.4. The molecule has 0 radical (unpaired) electrons. The van der Waals surface area contributed by atoms with E-state index in [2.05, 4.69) is 15.6 Å². The first-order chi connectivity index (χ1) is 14.0. The van der Waals surface area contributed by atoms with Gasteiger partial charge in [0.25, 0.3) is 5.91 Å². The highest BCUT2D eigenvalue weighted by Crippen LogP contribution is 2.27. The van der Waals surface area contributed by atoms with E-state index in [9.17, 15) is 13.6 Å². The third kappa shape index (κ3) is 4.99. The van der Waals surface area contributed by atoms with Crippen LogP contribution in [0.4, 0.5) is 14.6 Å². The van der Waals surface area contributed by atoms with Gasteiger partial charge in [0.15, 0.2) is 11.6 Å². The molecule has 0 saturated heterocycles. The minimum absolute atomic E-state index is 0. The Bertz CT molecular complexity index is 1060. The number of fused-ring (bicyclic) bond motifs is 1. The van der Waals surface area contributed by atoms with Crippen molar-refractivity contribution in [2.45, 2.75) is 37.8 Å². The lowest BCUT2D eigenvalue weighted by molar-refractivity contribution is 0.0926. The number of nitrogens with one attached hydrogen (secondary N) is 2. The number of para-hydroxylation sites is 1. The summed E-state index contributed by atoms with van der Waals surface area (Å²) < 4.78 is 26.4. The van der Waals surface area contributed by atoms with E-state index in [4.69, 9.17) is 11.6 Å². The first-order valence-electron chi connectivity index (χ1n) is 9.57. The quantitative estimate of drug-likeness (QED) is 0.531. The maximum atomic E-state index is 13.3. The summed E-state index contributed by atoms with van der Waals surface area (Å²) >= 11 is 6.36. The number of amides is 1. The number of nitrogens with zero attached hydrogens (tertiary/aromatic N) is 1. The number of pyridine rings is 1. The lowest BCUT2D eigenvalue weighted by atomic mass is 9.91. The average molecular weight is 452 g/mol. The number of aromatic nitrogens is 1. The highest BCUT2D eigenvalue weighted by Gasteiger charge is 2.23. The van der Waals surface area contributed by atoms with Crippen LogP contribution in [-0.2, 0) is 0 Å². The zero-order valence-electron chi connectivity index (χ0n) is 16.0. The lowest BCUT2D eigenvalue weighted by Gasteiger charge is -2.30. The largest absolute Gasteiger partial charge is 0.367 e. The molecule has 4 nitrogen and oxygen atoms in total. The molecule has 0 spiro atoms. The van der Waals surface area contributed by atoms with Gasteiger partial charge in [0.2, 0.25) is 0 Å². The molecular weight excluding hydrogens is 431 g/mol. The number of carbonyl (C=O) groups excluding carboxylic acids is 1. The Morgan fingerprint density at radius 2 is 1.67 bits per heavy atom. The zero-order valence-corrected chi connectivity index (χ0v) is 17.6.